The quantitative estimate of drug-likeness (QED) is 0.611. The van der Waals surface area contributed by atoms with Crippen LogP contribution in [0.5, 0.6) is 0 Å². The summed E-state index contributed by atoms with van der Waals surface area (Å²) in [5.41, 5.74) is -0.748. The number of sulfonamides is 1. The molecule has 0 bridgehead atoms. The number of amides is 2. The first-order chi connectivity index (χ1) is 10.9. The lowest BCUT2D eigenvalue weighted by molar-refractivity contribution is -0.136. The van der Waals surface area contributed by atoms with Crippen molar-refractivity contribution in [1.82, 2.24) is 10.0 Å². The molecule has 0 aliphatic heterocycles. The Hall–Kier alpha value is -2.20. The molecule has 1 aromatic rings. The Labute approximate surface area is 139 Å². The van der Waals surface area contributed by atoms with Gasteiger partial charge < -0.3 is 15.7 Å². The zero-order chi connectivity index (χ0) is 18.5. The first-order valence-electron chi connectivity index (χ1n) is 7.01. The zero-order valence-electron chi connectivity index (χ0n) is 13.5. The van der Waals surface area contributed by atoms with E-state index in [-0.39, 0.29) is 18.7 Å². The summed E-state index contributed by atoms with van der Waals surface area (Å²) in [6, 6.07) is 2.38. The van der Waals surface area contributed by atoms with Crippen molar-refractivity contribution in [2.24, 2.45) is 0 Å². The van der Waals surface area contributed by atoms with Crippen molar-refractivity contribution in [2.75, 3.05) is 11.9 Å². The predicted molar refractivity (Wildman–Crippen MR) is 85.7 cm³/mol. The summed E-state index contributed by atoms with van der Waals surface area (Å²) in [7, 11) is -4.11. The van der Waals surface area contributed by atoms with Crippen LogP contribution in [-0.2, 0) is 14.8 Å². The van der Waals surface area contributed by atoms with Gasteiger partial charge in [-0.15, -0.1) is 0 Å². The van der Waals surface area contributed by atoms with Crippen molar-refractivity contribution in [3.05, 3.63) is 24.0 Å². The van der Waals surface area contributed by atoms with Crippen molar-refractivity contribution in [3.8, 4) is 0 Å². The summed E-state index contributed by atoms with van der Waals surface area (Å²) in [6.07, 6.45) is -0.258. The molecular weight excluding hydrogens is 341 g/mol. The molecular formula is C14H20FN3O5S. The number of nitrogens with one attached hydrogen (secondary N) is 3. The topological polar surface area (TPSA) is 125 Å². The standard InChI is InChI=1S/C14H20FN3O5S/c1-14(2,3)18-24(22,23)11-8-9(4-5-10(11)15)17-13(21)16-7-6-12(19)20/h4-5,8,18H,6-7H2,1-3H3,(H,19,20)(H2,16,17,21). The fraction of sp³-hybridized carbons (Fsp3) is 0.429. The summed E-state index contributed by atoms with van der Waals surface area (Å²) in [4.78, 5) is 21.4. The van der Waals surface area contributed by atoms with Gasteiger partial charge in [0.1, 0.15) is 10.7 Å². The monoisotopic (exact) mass is 361 g/mol. The Morgan fingerprint density at radius 1 is 1.25 bits per heavy atom. The van der Waals surface area contributed by atoms with Gasteiger partial charge in [-0.25, -0.2) is 22.3 Å². The number of carboxylic acids is 1. The molecule has 10 heteroatoms. The van der Waals surface area contributed by atoms with Crippen molar-refractivity contribution in [3.63, 3.8) is 0 Å². The number of benzene rings is 1. The van der Waals surface area contributed by atoms with Crippen molar-refractivity contribution >= 4 is 27.7 Å². The molecule has 0 heterocycles. The second-order valence-corrected chi connectivity index (χ2v) is 7.68. The summed E-state index contributed by atoms with van der Waals surface area (Å²) in [5.74, 6) is -2.03. The van der Waals surface area contributed by atoms with Gasteiger partial charge in [0.05, 0.1) is 6.42 Å². The van der Waals surface area contributed by atoms with Crippen LogP contribution in [0.15, 0.2) is 23.1 Å². The van der Waals surface area contributed by atoms with Gasteiger partial charge in [-0.05, 0) is 39.0 Å². The number of aliphatic carboxylic acids is 1. The summed E-state index contributed by atoms with van der Waals surface area (Å²) < 4.78 is 40.6. The molecule has 0 radical (unpaired) electrons. The molecule has 0 atom stereocenters. The van der Waals surface area contributed by atoms with Gasteiger partial charge in [-0.1, -0.05) is 0 Å². The summed E-state index contributed by atoms with van der Waals surface area (Å²) in [6.45, 7) is 4.74. The maximum atomic E-state index is 13.9. The van der Waals surface area contributed by atoms with Crippen LogP contribution in [0.3, 0.4) is 0 Å². The second-order valence-electron chi connectivity index (χ2n) is 6.03. The lowest BCUT2D eigenvalue weighted by Gasteiger charge is -2.20. The summed E-state index contributed by atoms with van der Waals surface area (Å²) >= 11 is 0. The van der Waals surface area contributed by atoms with Gasteiger partial charge in [-0.2, -0.15) is 0 Å². The Balaban J connectivity index is 2.90. The molecule has 0 spiro atoms. The molecule has 2 amide bonds. The number of halogens is 1. The number of anilines is 1. The first kappa shape index (κ1) is 19.8. The van der Waals surface area contributed by atoms with Gasteiger partial charge in [0.2, 0.25) is 10.0 Å². The number of rotatable bonds is 6. The average Bonchev–Trinajstić information content (AvgIpc) is 2.37. The van der Waals surface area contributed by atoms with Crippen LogP contribution in [0.1, 0.15) is 27.2 Å². The van der Waals surface area contributed by atoms with E-state index in [2.05, 4.69) is 15.4 Å². The third-order valence-electron chi connectivity index (χ3n) is 2.54. The van der Waals surface area contributed by atoms with E-state index in [0.717, 1.165) is 12.1 Å². The number of carbonyl (C=O) groups excluding carboxylic acids is 1. The molecule has 0 saturated heterocycles. The molecule has 8 nitrogen and oxygen atoms in total. The fourth-order valence-corrected chi connectivity index (χ4v) is 3.23. The molecule has 0 aromatic heterocycles. The minimum Gasteiger partial charge on any atom is -0.481 e. The maximum Gasteiger partial charge on any atom is 0.319 e. The van der Waals surface area contributed by atoms with Crippen molar-refractivity contribution in [1.29, 1.82) is 0 Å². The van der Waals surface area contributed by atoms with Gasteiger partial charge in [0.25, 0.3) is 0 Å². The molecule has 0 aliphatic carbocycles. The SMILES string of the molecule is CC(C)(C)NS(=O)(=O)c1cc(NC(=O)NCCC(=O)O)ccc1F. The molecule has 24 heavy (non-hydrogen) atoms. The number of hydrogen-bond acceptors (Lipinski definition) is 4. The highest BCUT2D eigenvalue weighted by Crippen LogP contribution is 2.21. The van der Waals surface area contributed by atoms with Gasteiger partial charge in [0, 0.05) is 17.8 Å². The van der Waals surface area contributed by atoms with E-state index >= 15 is 0 Å². The summed E-state index contributed by atoms with van der Waals surface area (Å²) in [5, 5.41) is 13.1. The Morgan fingerprint density at radius 2 is 1.88 bits per heavy atom. The Morgan fingerprint density at radius 3 is 2.42 bits per heavy atom. The van der Waals surface area contributed by atoms with Crippen LogP contribution in [0.4, 0.5) is 14.9 Å². The minimum atomic E-state index is -4.11. The third-order valence-corrected chi connectivity index (χ3v) is 4.32. The number of hydrogen-bond donors (Lipinski definition) is 4. The highest BCUT2D eigenvalue weighted by Gasteiger charge is 2.25. The second kappa shape index (κ2) is 7.58. The van der Waals surface area contributed by atoms with Crippen molar-refractivity contribution < 1.29 is 27.5 Å². The maximum absolute atomic E-state index is 13.9. The van der Waals surface area contributed by atoms with Crippen LogP contribution >= 0.6 is 0 Å². The van der Waals surface area contributed by atoms with E-state index in [1.165, 1.54) is 6.07 Å². The van der Waals surface area contributed by atoms with E-state index in [9.17, 15) is 22.4 Å². The lowest BCUT2D eigenvalue weighted by atomic mass is 10.1. The molecule has 4 N–H and O–H groups in total. The lowest BCUT2D eigenvalue weighted by Crippen LogP contribution is -2.40. The van der Waals surface area contributed by atoms with Crippen LogP contribution in [-0.4, -0.2) is 37.6 Å². The molecule has 1 aromatic carbocycles. The van der Waals surface area contributed by atoms with Gasteiger partial charge in [0.15, 0.2) is 0 Å². The molecule has 0 aliphatic rings. The predicted octanol–water partition coefficient (Wildman–Crippen LogP) is 1.50. The minimum absolute atomic E-state index is 0.0542. The fourth-order valence-electron chi connectivity index (χ4n) is 1.70. The first-order valence-corrected chi connectivity index (χ1v) is 8.49. The van der Waals surface area contributed by atoms with Crippen molar-refractivity contribution in [2.45, 2.75) is 37.6 Å². The number of carboxylic acid groups (broad SMARTS) is 1. The van der Waals surface area contributed by atoms with Crippen LogP contribution in [0.2, 0.25) is 0 Å². The molecule has 134 valence electrons. The van der Waals surface area contributed by atoms with E-state index in [1.807, 2.05) is 0 Å². The molecule has 0 fully saturated rings. The Kier molecular flexibility index (Phi) is 6.27. The van der Waals surface area contributed by atoms with E-state index in [1.54, 1.807) is 20.8 Å². The molecule has 0 unspecified atom stereocenters. The number of carbonyl (C=O) groups is 2. The van der Waals surface area contributed by atoms with Crippen LogP contribution < -0.4 is 15.4 Å². The van der Waals surface area contributed by atoms with Gasteiger partial charge in [-0.3, -0.25) is 4.79 Å². The normalized spacial score (nSPS) is 11.8. The third kappa shape index (κ3) is 6.50. The highest BCUT2D eigenvalue weighted by molar-refractivity contribution is 7.89. The smallest absolute Gasteiger partial charge is 0.319 e. The molecule has 1 rings (SSSR count). The zero-order valence-corrected chi connectivity index (χ0v) is 14.3. The van der Waals surface area contributed by atoms with E-state index < -0.39 is 38.3 Å². The highest BCUT2D eigenvalue weighted by atomic mass is 32.2. The van der Waals surface area contributed by atoms with Crippen LogP contribution in [0.25, 0.3) is 0 Å². The van der Waals surface area contributed by atoms with Crippen LogP contribution in [0, 0.1) is 5.82 Å². The van der Waals surface area contributed by atoms with E-state index in [0.29, 0.717) is 0 Å². The molecule has 0 saturated carbocycles. The average molecular weight is 361 g/mol. The Bertz CT molecular complexity index is 728. The van der Waals surface area contributed by atoms with Gasteiger partial charge >= 0.3 is 12.0 Å². The number of urea groups is 1. The largest absolute Gasteiger partial charge is 0.481 e. The van der Waals surface area contributed by atoms with E-state index in [4.69, 9.17) is 5.11 Å².